The van der Waals surface area contributed by atoms with Crippen LogP contribution in [0.4, 0.5) is 13.2 Å². The Labute approximate surface area is 101 Å². The Morgan fingerprint density at radius 3 is 2.65 bits per heavy atom. The van der Waals surface area contributed by atoms with Gasteiger partial charge in [-0.3, -0.25) is 9.59 Å². The Bertz CT molecular complexity index is 309. The molecule has 0 aromatic carbocycles. The van der Waals surface area contributed by atoms with Crippen molar-refractivity contribution in [3.63, 3.8) is 0 Å². The van der Waals surface area contributed by atoms with E-state index in [0.29, 0.717) is 6.42 Å². The molecule has 1 aliphatic rings. The van der Waals surface area contributed by atoms with E-state index in [4.69, 9.17) is 0 Å². The largest absolute Gasteiger partial charge is 0.441 e. The van der Waals surface area contributed by atoms with Gasteiger partial charge in [-0.1, -0.05) is 6.92 Å². The number of nitrogens with one attached hydrogen (secondary N) is 1. The molecular weight excluding hydrogens is 257 g/mol. The van der Waals surface area contributed by atoms with Crippen LogP contribution < -0.4 is 5.32 Å². The molecule has 17 heavy (non-hydrogen) atoms. The second-order valence-electron chi connectivity index (χ2n) is 3.52. The van der Waals surface area contributed by atoms with Crippen molar-refractivity contribution < 1.29 is 22.8 Å². The lowest BCUT2D eigenvalue weighted by atomic mass is 10.1. The molecule has 1 rings (SSSR count). The van der Waals surface area contributed by atoms with Gasteiger partial charge in [0.25, 0.3) is 0 Å². The molecule has 0 saturated carbocycles. The number of nitrogens with zero attached hydrogens (tertiary/aromatic N) is 1. The van der Waals surface area contributed by atoms with Gasteiger partial charge in [0, 0.05) is 12.3 Å². The van der Waals surface area contributed by atoms with Gasteiger partial charge < -0.3 is 10.2 Å². The summed E-state index contributed by atoms with van der Waals surface area (Å²) in [6, 6.07) is -0.648. The number of thioether (sulfide) groups is 1. The monoisotopic (exact) mass is 270 g/mol. The molecule has 1 saturated heterocycles. The minimum atomic E-state index is -4.30. The highest BCUT2D eigenvalue weighted by Gasteiger charge is 2.34. The maximum atomic E-state index is 11.9. The standard InChI is InChI=1S/C9H13F3N2O2S/c1-2-6-8(16)13-5-7(15)14(6)3-4-17-9(10,11)12/h6H,2-5H2,1H3,(H,13,16). The summed E-state index contributed by atoms with van der Waals surface area (Å²) in [5.41, 5.74) is -4.30. The SMILES string of the molecule is CCC1C(=O)NCC(=O)N1CCSC(F)(F)F. The van der Waals surface area contributed by atoms with E-state index in [-0.39, 0.29) is 42.4 Å². The summed E-state index contributed by atoms with van der Waals surface area (Å²) in [4.78, 5) is 24.1. The summed E-state index contributed by atoms with van der Waals surface area (Å²) in [6.07, 6.45) is 0.397. The predicted molar refractivity (Wildman–Crippen MR) is 57.3 cm³/mol. The molecule has 1 fully saturated rings. The summed E-state index contributed by atoms with van der Waals surface area (Å²) >= 11 is -0.183. The topological polar surface area (TPSA) is 49.4 Å². The van der Waals surface area contributed by atoms with E-state index in [9.17, 15) is 22.8 Å². The van der Waals surface area contributed by atoms with E-state index >= 15 is 0 Å². The van der Waals surface area contributed by atoms with Crippen LogP contribution in [0.3, 0.4) is 0 Å². The molecule has 0 bridgehead atoms. The molecule has 0 aromatic rings. The molecule has 0 aromatic heterocycles. The van der Waals surface area contributed by atoms with E-state index in [2.05, 4.69) is 5.32 Å². The van der Waals surface area contributed by atoms with Gasteiger partial charge in [0.15, 0.2) is 0 Å². The summed E-state index contributed by atoms with van der Waals surface area (Å²) in [5, 5.41) is 2.41. The lowest BCUT2D eigenvalue weighted by molar-refractivity contribution is -0.145. The van der Waals surface area contributed by atoms with Crippen LogP contribution >= 0.6 is 11.8 Å². The van der Waals surface area contributed by atoms with Gasteiger partial charge >= 0.3 is 5.51 Å². The zero-order valence-corrected chi connectivity index (χ0v) is 10.0. The minimum Gasteiger partial charge on any atom is -0.345 e. The fourth-order valence-electron chi connectivity index (χ4n) is 1.64. The van der Waals surface area contributed by atoms with Crippen LogP contribution in [-0.2, 0) is 9.59 Å². The molecule has 0 spiro atoms. The molecule has 0 radical (unpaired) electrons. The Morgan fingerprint density at radius 2 is 2.12 bits per heavy atom. The van der Waals surface area contributed by atoms with Crippen LogP contribution in [0.2, 0.25) is 0 Å². The number of amides is 2. The molecule has 2 amide bonds. The molecule has 98 valence electrons. The van der Waals surface area contributed by atoms with Crippen LogP contribution in [-0.4, -0.2) is 47.1 Å². The first-order chi connectivity index (χ1) is 7.85. The van der Waals surface area contributed by atoms with Gasteiger partial charge in [-0.25, -0.2) is 0 Å². The number of carbonyl (C=O) groups excluding carboxylic acids is 2. The predicted octanol–water partition coefficient (Wildman–Crippen LogP) is 0.976. The molecule has 1 aliphatic heterocycles. The van der Waals surface area contributed by atoms with E-state index in [1.807, 2.05) is 0 Å². The first-order valence-electron chi connectivity index (χ1n) is 5.13. The first-order valence-corrected chi connectivity index (χ1v) is 6.11. The van der Waals surface area contributed by atoms with E-state index < -0.39 is 11.6 Å². The number of hydrogen-bond acceptors (Lipinski definition) is 3. The van der Waals surface area contributed by atoms with Crippen molar-refractivity contribution in [3.05, 3.63) is 0 Å². The normalized spacial score (nSPS) is 21.6. The van der Waals surface area contributed by atoms with Crippen molar-refractivity contribution >= 4 is 23.6 Å². The second-order valence-corrected chi connectivity index (χ2v) is 4.68. The van der Waals surface area contributed by atoms with E-state index in [1.165, 1.54) is 4.90 Å². The van der Waals surface area contributed by atoms with Crippen LogP contribution in [0.1, 0.15) is 13.3 Å². The number of carbonyl (C=O) groups is 2. The molecule has 1 atom stereocenters. The second kappa shape index (κ2) is 5.61. The summed E-state index contributed by atoms with van der Waals surface area (Å²) in [5.74, 6) is -0.887. The highest BCUT2D eigenvalue weighted by Crippen LogP contribution is 2.30. The van der Waals surface area contributed by atoms with Gasteiger partial charge in [-0.15, -0.1) is 0 Å². The van der Waals surface area contributed by atoms with Crippen molar-refractivity contribution in [1.29, 1.82) is 0 Å². The van der Waals surface area contributed by atoms with Crippen LogP contribution in [0.25, 0.3) is 0 Å². The summed E-state index contributed by atoms with van der Waals surface area (Å²) in [6.45, 7) is 1.52. The quantitative estimate of drug-likeness (QED) is 0.828. The maximum Gasteiger partial charge on any atom is 0.441 e. The minimum absolute atomic E-state index is 0.0606. The van der Waals surface area contributed by atoms with Crippen LogP contribution in [0.5, 0.6) is 0 Å². The first kappa shape index (κ1) is 14.1. The van der Waals surface area contributed by atoms with Gasteiger partial charge in [0.1, 0.15) is 6.04 Å². The maximum absolute atomic E-state index is 11.9. The molecule has 1 unspecified atom stereocenters. The van der Waals surface area contributed by atoms with Crippen molar-refractivity contribution in [2.24, 2.45) is 0 Å². The molecule has 0 aliphatic carbocycles. The number of piperazine rings is 1. The fraction of sp³-hybridized carbons (Fsp3) is 0.778. The molecule has 1 N–H and O–H groups in total. The fourth-order valence-corrected chi connectivity index (χ4v) is 2.16. The van der Waals surface area contributed by atoms with Gasteiger partial charge in [-0.05, 0) is 18.2 Å². The Balaban J connectivity index is 2.53. The van der Waals surface area contributed by atoms with Crippen molar-refractivity contribution in [3.8, 4) is 0 Å². The Hall–Kier alpha value is -0.920. The lowest BCUT2D eigenvalue weighted by Crippen LogP contribution is -2.58. The van der Waals surface area contributed by atoms with Crippen LogP contribution in [0.15, 0.2) is 0 Å². The number of halogens is 3. The number of alkyl halides is 3. The molecule has 8 heteroatoms. The van der Waals surface area contributed by atoms with Gasteiger partial charge in [0.2, 0.25) is 11.8 Å². The highest BCUT2D eigenvalue weighted by molar-refractivity contribution is 8.00. The van der Waals surface area contributed by atoms with E-state index in [0.717, 1.165) is 0 Å². The highest BCUT2D eigenvalue weighted by atomic mass is 32.2. The zero-order chi connectivity index (χ0) is 13.1. The molecule has 4 nitrogen and oxygen atoms in total. The number of hydrogen-bond donors (Lipinski definition) is 1. The third-order valence-electron chi connectivity index (χ3n) is 2.40. The Kier molecular flexibility index (Phi) is 4.67. The van der Waals surface area contributed by atoms with Crippen molar-refractivity contribution in [1.82, 2.24) is 10.2 Å². The average molecular weight is 270 g/mol. The average Bonchev–Trinajstić information content (AvgIpc) is 2.21. The van der Waals surface area contributed by atoms with Crippen molar-refractivity contribution in [2.45, 2.75) is 24.9 Å². The number of rotatable bonds is 4. The van der Waals surface area contributed by atoms with Gasteiger partial charge in [-0.2, -0.15) is 13.2 Å². The zero-order valence-electron chi connectivity index (χ0n) is 9.21. The summed E-state index contributed by atoms with van der Waals surface area (Å²) < 4.78 is 35.8. The van der Waals surface area contributed by atoms with Crippen molar-refractivity contribution in [2.75, 3.05) is 18.8 Å². The Morgan fingerprint density at radius 1 is 1.47 bits per heavy atom. The van der Waals surface area contributed by atoms with E-state index in [1.54, 1.807) is 6.92 Å². The molecule has 1 heterocycles. The third kappa shape index (κ3) is 4.10. The molecular formula is C9H13F3N2O2S. The van der Waals surface area contributed by atoms with Gasteiger partial charge in [0.05, 0.1) is 6.54 Å². The lowest BCUT2D eigenvalue weighted by Gasteiger charge is -2.34. The van der Waals surface area contributed by atoms with Crippen LogP contribution in [0, 0.1) is 0 Å². The third-order valence-corrected chi connectivity index (χ3v) is 3.11. The smallest absolute Gasteiger partial charge is 0.345 e. The summed E-state index contributed by atoms with van der Waals surface area (Å²) in [7, 11) is 0.